The number of anilines is 1. The van der Waals surface area contributed by atoms with Crippen molar-refractivity contribution in [3.8, 4) is 5.88 Å². The number of hydrogen-bond acceptors (Lipinski definition) is 5. The molecule has 2 aliphatic rings. The number of hydrogen-bond donors (Lipinski definition) is 0. The number of piperidine rings is 1. The van der Waals surface area contributed by atoms with Crippen LogP contribution in [0.2, 0.25) is 0 Å². The number of likely N-dealkylation sites (tertiary alicyclic amines) is 1. The van der Waals surface area contributed by atoms with Crippen LogP contribution in [0.1, 0.15) is 32.1 Å². The summed E-state index contributed by atoms with van der Waals surface area (Å²) in [6.07, 6.45) is 8.55. The molecule has 0 radical (unpaired) electrons. The lowest BCUT2D eigenvalue weighted by molar-refractivity contribution is -0.140. The number of amides is 1. The van der Waals surface area contributed by atoms with Gasteiger partial charge in [0.25, 0.3) is 5.88 Å². The number of ether oxygens (including phenoxy) is 1. The summed E-state index contributed by atoms with van der Waals surface area (Å²) in [4.78, 5) is 24.9. The summed E-state index contributed by atoms with van der Waals surface area (Å²) >= 11 is 0. The zero-order valence-electron chi connectivity index (χ0n) is 13.4. The van der Waals surface area contributed by atoms with Gasteiger partial charge in [0.2, 0.25) is 5.91 Å². The zero-order chi connectivity index (χ0) is 15.5. The summed E-state index contributed by atoms with van der Waals surface area (Å²) in [6.45, 7) is 1.52. The molecule has 120 valence electrons. The van der Waals surface area contributed by atoms with E-state index in [0.717, 1.165) is 38.0 Å². The van der Waals surface area contributed by atoms with Crippen LogP contribution >= 0.6 is 0 Å². The Hall–Kier alpha value is -1.85. The summed E-state index contributed by atoms with van der Waals surface area (Å²) < 4.78 is 6.05. The molecule has 1 aromatic rings. The van der Waals surface area contributed by atoms with Crippen molar-refractivity contribution in [1.29, 1.82) is 0 Å². The second-order valence-electron chi connectivity index (χ2n) is 6.37. The van der Waals surface area contributed by atoms with Crippen molar-refractivity contribution in [2.24, 2.45) is 5.92 Å². The third-order valence-corrected chi connectivity index (χ3v) is 4.49. The second-order valence-corrected chi connectivity index (χ2v) is 6.37. The van der Waals surface area contributed by atoms with Crippen molar-refractivity contribution in [2.45, 2.75) is 38.2 Å². The normalized spacial score (nSPS) is 22.1. The van der Waals surface area contributed by atoms with Gasteiger partial charge in [-0.15, -0.1) is 0 Å². The highest BCUT2D eigenvalue weighted by Gasteiger charge is 2.33. The Morgan fingerprint density at radius 1 is 1.23 bits per heavy atom. The van der Waals surface area contributed by atoms with Crippen LogP contribution in [0.25, 0.3) is 0 Å². The molecule has 6 heteroatoms. The second kappa shape index (κ2) is 6.50. The van der Waals surface area contributed by atoms with Gasteiger partial charge in [-0.1, -0.05) is 6.42 Å². The Labute approximate surface area is 131 Å². The molecule has 1 saturated carbocycles. The van der Waals surface area contributed by atoms with Crippen LogP contribution in [-0.4, -0.2) is 54.1 Å². The van der Waals surface area contributed by atoms with E-state index in [9.17, 15) is 4.79 Å². The van der Waals surface area contributed by atoms with Gasteiger partial charge in [0.05, 0.1) is 6.54 Å². The van der Waals surface area contributed by atoms with E-state index < -0.39 is 0 Å². The van der Waals surface area contributed by atoms with Crippen molar-refractivity contribution < 1.29 is 9.53 Å². The van der Waals surface area contributed by atoms with Crippen molar-refractivity contribution in [1.82, 2.24) is 14.9 Å². The van der Waals surface area contributed by atoms with Gasteiger partial charge in [0.15, 0.2) is 5.82 Å². The average molecular weight is 304 g/mol. The first kappa shape index (κ1) is 15.1. The van der Waals surface area contributed by atoms with Crippen molar-refractivity contribution >= 4 is 11.7 Å². The summed E-state index contributed by atoms with van der Waals surface area (Å²) in [5, 5.41) is 0. The fourth-order valence-corrected chi connectivity index (χ4v) is 3.01. The Morgan fingerprint density at radius 3 is 2.68 bits per heavy atom. The third-order valence-electron chi connectivity index (χ3n) is 4.49. The Balaban J connectivity index is 1.64. The first-order chi connectivity index (χ1) is 10.6. The molecular formula is C16H24N4O2. The SMILES string of the molecule is CN(C)c1nccnc1OC1CCCN(C(=O)C2CCC2)C1. The van der Waals surface area contributed by atoms with Gasteiger partial charge in [0, 0.05) is 39.0 Å². The maximum atomic E-state index is 12.4. The minimum atomic E-state index is 0.00757. The van der Waals surface area contributed by atoms with E-state index in [1.165, 1.54) is 6.42 Å². The summed E-state index contributed by atoms with van der Waals surface area (Å²) in [7, 11) is 3.84. The van der Waals surface area contributed by atoms with E-state index in [1.807, 2.05) is 23.9 Å². The Morgan fingerprint density at radius 2 is 2.00 bits per heavy atom. The first-order valence-electron chi connectivity index (χ1n) is 8.09. The molecule has 1 unspecified atom stereocenters. The van der Waals surface area contributed by atoms with Crippen LogP contribution < -0.4 is 9.64 Å². The van der Waals surface area contributed by atoms with Crippen LogP contribution in [0.15, 0.2) is 12.4 Å². The van der Waals surface area contributed by atoms with Crippen LogP contribution in [0.3, 0.4) is 0 Å². The maximum absolute atomic E-state index is 12.4. The minimum absolute atomic E-state index is 0.00757. The molecule has 0 bridgehead atoms. The zero-order valence-corrected chi connectivity index (χ0v) is 13.4. The highest BCUT2D eigenvalue weighted by atomic mass is 16.5. The van der Waals surface area contributed by atoms with E-state index in [2.05, 4.69) is 9.97 Å². The third kappa shape index (κ3) is 3.15. The molecule has 2 fully saturated rings. The highest BCUT2D eigenvalue weighted by molar-refractivity contribution is 5.79. The van der Waals surface area contributed by atoms with Crippen molar-refractivity contribution in [3.63, 3.8) is 0 Å². The predicted molar refractivity (Wildman–Crippen MR) is 83.9 cm³/mol. The van der Waals surface area contributed by atoms with Gasteiger partial charge in [-0.25, -0.2) is 9.97 Å². The van der Waals surface area contributed by atoms with Crippen LogP contribution in [0.4, 0.5) is 5.82 Å². The monoisotopic (exact) mass is 304 g/mol. The lowest BCUT2D eigenvalue weighted by atomic mass is 9.84. The minimum Gasteiger partial charge on any atom is -0.470 e. The van der Waals surface area contributed by atoms with Gasteiger partial charge in [0.1, 0.15) is 6.10 Å². The van der Waals surface area contributed by atoms with Gasteiger partial charge < -0.3 is 14.5 Å². The average Bonchev–Trinajstić information content (AvgIpc) is 2.46. The molecule has 0 spiro atoms. The van der Waals surface area contributed by atoms with Crippen LogP contribution in [0, 0.1) is 5.92 Å². The lowest BCUT2D eigenvalue weighted by Gasteiger charge is -2.37. The molecule has 1 amide bonds. The predicted octanol–water partition coefficient (Wildman–Crippen LogP) is 1.71. The fourth-order valence-electron chi connectivity index (χ4n) is 3.01. The number of rotatable bonds is 4. The van der Waals surface area contributed by atoms with Crippen molar-refractivity contribution in [3.05, 3.63) is 12.4 Å². The topological polar surface area (TPSA) is 58.6 Å². The Bertz CT molecular complexity index is 531. The smallest absolute Gasteiger partial charge is 0.257 e. The van der Waals surface area contributed by atoms with Gasteiger partial charge in [-0.3, -0.25) is 4.79 Å². The summed E-state index contributed by atoms with van der Waals surface area (Å²) in [5.41, 5.74) is 0. The number of aromatic nitrogens is 2. The highest BCUT2D eigenvalue weighted by Crippen LogP contribution is 2.30. The van der Waals surface area contributed by atoms with E-state index in [0.29, 0.717) is 18.3 Å². The molecule has 3 rings (SSSR count). The van der Waals surface area contributed by atoms with E-state index >= 15 is 0 Å². The van der Waals surface area contributed by atoms with Crippen molar-refractivity contribution in [2.75, 3.05) is 32.1 Å². The lowest BCUT2D eigenvalue weighted by Crippen LogP contribution is -2.47. The first-order valence-corrected chi connectivity index (χ1v) is 8.09. The standard InChI is InChI=1S/C16H24N4O2/c1-19(2)14-15(18-9-8-17-14)22-13-7-4-10-20(11-13)16(21)12-5-3-6-12/h8-9,12-13H,3-7,10-11H2,1-2H3. The molecule has 1 saturated heterocycles. The molecule has 0 aromatic carbocycles. The fraction of sp³-hybridized carbons (Fsp3) is 0.688. The van der Waals surface area contributed by atoms with Gasteiger partial charge in [-0.05, 0) is 25.7 Å². The molecule has 0 N–H and O–H groups in total. The summed E-state index contributed by atoms with van der Waals surface area (Å²) in [5.74, 6) is 1.85. The van der Waals surface area contributed by atoms with E-state index in [1.54, 1.807) is 12.4 Å². The molecular weight excluding hydrogens is 280 g/mol. The van der Waals surface area contributed by atoms with Gasteiger partial charge >= 0.3 is 0 Å². The molecule has 22 heavy (non-hydrogen) atoms. The maximum Gasteiger partial charge on any atom is 0.257 e. The molecule has 1 aromatic heterocycles. The molecule has 1 aliphatic heterocycles. The molecule has 2 heterocycles. The Kier molecular flexibility index (Phi) is 4.45. The molecule has 1 aliphatic carbocycles. The molecule has 1 atom stereocenters. The number of nitrogens with zero attached hydrogens (tertiary/aromatic N) is 4. The van der Waals surface area contributed by atoms with E-state index in [4.69, 9.17) is 4.74 Å². The quantitative estimate of drug-likeness (QED) is 0.847. The number of carbonyl (C=O) groups is 1. The largest absolute Gasteiger partial charge is 0.470 e. The van der Waals surface area contributed by atoms with E-state index in [-0.39, 0.29) is 12.0 Å². The van der Waals surface area contributed by atoms with Crippen LogP contribution in [0.5, 0.6) is 5.88 Å². The molecule has 6 nitrogen and oxygen atoms in total. The number of carbonyl (C=O) groups excluding carboxylic acids is 1. The summed E-state index contributed by atoms with van der Waals surface area (Å²) in [6, 6.07) is 0. The van der Waals surface area contributed by atoms with Gasteiger partial charge in [-0.2, -0.15) is 0 Å². The van der Waals surface area contributed by atoms with Crippen LogP contribution in [-0.2, 0) is 4.79 Å².